The predicted molar refractivity (Wildman–Crippen MR) is 84.1 cm³/mol. The molecule has 8 heteroatoms. The highest BCUT2D eigenvalue weighted by atomic mass is 32.2. The molecule has 1 fully saturated rings. The Morgan fingerprint density at radius 1 is 1.48 bits per heavy atom. The maximum absolute atomic E-state index is 12.1. The van der Waals surface area contributed by atoms with Gasteiger partial charge >= 0.3 is 0 Å². The first kappa shape index (κ1) is 16.8. The Morgan fingerprint density at radius 3 is 2.81 bits per heavy atom. The third-order valence-corrected chi connectivity index (χ3v) is 6.09. The number of thioether (sulfide) groups is 1. The summed E-state index contributed by atoms with van der Waals surface area (Å²) in [4.78, 5) is 3.97. The van der Waals surface area contributed by atoms with Crippen LogP contribution in [0.5, 0.6) is 0 Å². The van der Waals surface area contributed by atoms with Crippen molar-refractivity contribution in [3.8, 4) is 0 Å². The summed E-state index contributed by atoms with van der Waals surface area (Å²) in [5.74, 6) is 0.773. The van der Waals surface area contributed by atoms with Crippen LogP contribution in [0.4, 0.5) is 0 Å². The number of hydrogen-bond donors (Lipinski definition) is 1. The van der Waals surface area contributed by atoms with Crippen molar-refractivity contribution in [1.29, 1.82) is 0 Å². The fraction of sp³-hybridized carbons (Fsp3) is 0.769. The van der Waals surface area contributed by atoms with E-state index in [-0.39, 0.29) is 11.1 Å². The minimum absolute atomic E-state index is 0.0901. The molecular formula is C13H23N3O3S2. The summed E-state index contributed by atoms with van der Waals surface area (Å²) in [5.41, 5.74) is 0. The fourth-order valence-electron chi connectivity index (χ4n) is 2.06. The van der Waals surface area contributed by atoms with Crippen LogP contribution in [0.15, 0.2) is 17.6 Å². The molecule has 0 bridgehead atoms. The van der Waals surface area contributed by atoms with Crippen molar-refractivity contribution in [3.05, 3.63) is 12.5 Å². The molecule has 2 heterocycles. The summed E-state index contributed by atoms with van der Waals surface area (Å²) in [5, 5.41) is 0.677. The van der Waals surface area contributed by atoms with Crippen LogP contribution in [0.1, 0.15) is 32.7 Å². The molecule has 1 aliphatic rings. The normalized spacial score (nSPS) is 17.5. The largest absolute Gasteiger partial charge is 0.381 e. The number of hydrogen-bond acceptors (Lipinski definition) is 5. The zero-order valence-corrected chi connectivity index (χ0v) is 14.1. The highest BCUT2D eigenvalue weighted by Gasteiger charge is 2.18. The molecule has 1 aromatic heterocycles. The number of aromatic nitrogens is 2. The smallest absolute Gasteiger partial charge is 0.259 e. The van der Waals surface area contributed by atoms with E-state index < -0.39 is 10.0 Å². The molecule has 0 radical (unpaired) electrons. The van der Waals surface area contributed by atoms with E-state index in [0.717, 1.165) is 31.8 Å². The van der Waals surface area contributed by atoms with Crippen LogP contribution >= 0.6 is 11.8 Å². The zero-order valence-electron chi connectivity index (χ0n) is 12.5. The quantitative estimate of drug-likeness (QED) is 0.768. The first-order valence-electron chi connectivity index (χ1n) is 7.21. The van der Waals surface area contributed by atoms with E-state index in [1.807, 2.05) is 25.6 Å². The van der Waals surface area contributed by atoms with Gasteiger partial charge in [-0.05, 0) is 26.7 Å². The maximum Gasteiger partial charge on any atom is 0.259 e. The molecule has 0 spiro atoms. The molecule has 2 rings (SSSR count). The summed E-state index contributed by atoms with van der Waals surface area (Å²) in [7, 11) is -3.50. The fourth-order valence-corrected chi connectivity index (χ4v) is 4.23. The highest BCUT2D eigenvalue weighted by Crippen LogP contribution is 2.21. The van der Waals surface area contributed by atoms with Gasteiger partial charge in [0.15, 0.2) is 5.03 Å². The van der Waals surface area contributed by atoms with Gasteiger partial charge in [0.2, 0.25) is 0 Å². The Hall–Kier alpha value is -0.570. The summed E-state index contributed by atoms with van der Waals surface area (Å²) in [6.07, 6.45) is 5.22. The second kappa shape index (κ2) is 7.62. The monoisotopic (exact) mass is 333 g/mol. The molecule has 0 amide bonds. The molecule has 1 aromatic rings. The number of ether oxygens (including phenoxy) is 1. The molecule has 1 N–H and O–H groups in total. The second-order valence-electron chi connectivity index (χ2n) is 5.33. The van der Waals surface area contributed by atoms with Crippen LogP contribution in [-0.2, 0) is 14.8 Å². The zero-order chi connectivity index (χ0) is 15.3. The van der Waals surface area contributed by atoms with Crippen molar-refractivity contribution in [2.45, 2.75) is 43.0 Å². The van der Waals surface area contributed by atoms with E-state index in [2.05, 4.69) is 9.71 Å². The van der Waals surface area contributed by atoms with Crippen molar-refractivity contribution < 1.29 is 13.2 Å². The molecule has 1 aliphatic heterocycles. The maximum atomic E-state index is 12.1. The van der Waals surface area contributed by atoms with Gasteiger partial charge in [-0.3, -0.25) is 0 Å². The van der Waals surface area contributed by atoms with E-state index in [0.29, 0.717) is 11.8 Å². The molecule has 6 nitrogen and oxygen atoms in total. The molecule has 0 aromatic carbocycles. The van der Waals surface area contributed by atoms with Crippen LogP contribution in [0.2, 0.25) is 0 Å². The standard InChI is InChI=1S/C13H23N3O3S2/c1-11(2)16-9-13(14-10-16)21(17,18)15-5-8-20-12-3-6-19-7-4-12/h9-12,15H,3-8H2,1-2H3. The van der Waals surface area contributed by atoms with Crippen molar-refractivity contribution in [2.75, 3.05) is 25.5 Å². The minimum Gasteiger partial charge on any atom is -0.381 e. The van der Waals surface area contributed by atoms with E-state index in [1.165, 1.54) is 0 Å². The van der Waals surface area contributed by atoms with Gasteiger partial charge in [0.25, 0.3) is 10.0 Å². The summed E-state index contributed by atoms with van der Waals surface area (Å²) >= 11 is 1.81. The Kier molecular flexibility index (Phi) is 6.09. The Labute approximate surface area is 130 Å². The minimum atomic E-state index is -3.50. The van der Waals surface area contributed by atoms with Crippen LogP contribution in [0, 0.1) is 0 Å². The molecule has 1 saturated heterocycles. The molecule has 0 saturated carbocycles. The van der Waals surface area contributed by atoms with E-state index in [1.54, 1.807) is 17.1 Å². The molecule has 0 atom stereocenters. The molecule has 0 aliphatic carbocycles. The summed E-state index contributed by atoms with van der Waals surface area (Å²) < 4.78 is 33.9. The third-order valence-electron chi connectivity index (χ3n) is 3.37. The van der Waals surface area contributed by atoms with Gasteiger partial charge in [0.1, 0.15) is 0 Å². The van der Waals surface area contributed by atoms with Crippen LogP contribution < -0.4 is 4.72 Å². The lowest BCUT2D eigenvalue weighted by atomic mass is 10.2. The predicted octanol–water partition coefficient (Wildman–Crippen LogP) is 1.65. The van der Waals surface area contributed by atoms with Crippen molar-refractivity contribution in [1.82, 2.24) is 14.3 Å². The van der Waals surface area contributed by atoms with Crippen LogP contribution in [0.3, 0.4) is 0 Å². The Bertz CT molecular complexity index is 537. The average molecular weight is 333 g/mol. The Morgan fingerprint density at radius 2 is 2.19 bits per heavy atom. The van der Waals surface area contributed by atoms with Gasteiger partial charge in [-0.15, -0.1) is 0 Å². The molecule has 120 valence electrons. The van der Waals surface area contributed by atoms with Crippen LogP contribution in [-0.4, -0.2) is 48.7 Å². The number of rotatable bonds is 7. The van der Waals surface area contributed by atoms with Gasteiger partial charge < -0.3 is 9.30 Å². The lowest BCUT2D eigenvalue weighted by Gasteiger charge is -2.21. The second-order valence-corrected chi connectivity index (χ2v) is 8.46. The Balaban J connectivity index is 1.77. The topological polar surface area (TPSA) is 73.2 Å². The number of sulfonamides is 1. The highest BCUT2D eigenvalue weighted by molar-refractivity contribution is 8.00. The molecular weight excluding hydrogens is 310 g/mol. The van der Waals surface area contributed by atoms with Gasteiger partial charge in [0, 0.05) is 43.0 Å². The molecule has 0 unspecified atom stereocenters. The average Bonchev–Trinajstić information content (AvgIpc) is 2.96. The lowest BCUT2D eigenvalue weighted by molar-refractivity contribution is 0.100. The van der Waals surface area contributed by atoms with E-state index in [4.69, 9.17) is 4.74 Å². The number of imidazole rings is 1. The molecule has 21 heavy (non-hydrogen) atoms. The van der Waals surface area contributed by atoms with E-state index >= 15 is 0 Å². The number of nitrogens with one attached hydrogen (secondary N) is 1. The summed E-state index contributed by atoms with van der Waals surface area (Å²) in [6.45, 7) is 6.02. The van der Waals surface area contributed by atoms with Gasteiger partial charge in [-0.1, -0.05) is 0 Å². The van der Waals surface area contributed by atoms with Crippen molar-refractivity contribution >= 4 is 21.8 Å². The first-order valence-corrected chi connectivity index (χ1v) is 9.75. The van der Waals surface area contributed by atoms with Gasteiger partial charge in [-0.2, -0.15) is 11.8 Å². The van der Waals surface area contributed by atoms with Crippen molar-refractivity contribution in [2.24, 2.45) is 0 Å². The number of nitrogens with zero attached hydrogens (tertiary/aromatic N) is 2. The van der Waals surface area contributed by atoms with Crippen molar-refractivity contribution in [3.63, 3.8) is 0 Å². The first-order chi connectivity index (χ1) is 9.99. The van der Waals surface area contributed by atoms with Gasteiger partial charge in [0.05, 0.1) is 6.33 Å². The van der Waals surface area contributed by atoms with Gasteiger partial charge in [-0.25, -0.2) is 18.1 Å². The van der Waals surface area contributed by atoms with Crippen LogP contribution in [0.25, 0.3) is 0 Å². The third kappa shape index (κ3) is 4.98. The van der Waals surface area contributed by atoms with E-state index in [9.17, 15) is 8.42 Å². The summed E-state index contributed by atoms with van der Waals surface area (Å²) in [6, 6.07) is 0.200. The SMILES string of the molecule is CC(C)n1cnc(S(=O)(=O)NCCSC2CCOCC2)c1. The lowest BCUT2D eigenvalue weighted by Crippen LogP contribution is -2.27.